The number of imidazole rings is 1. The van der Waals surface area contributed by atoms with Gasteiger partial charge >= 0.3 is 11.9 Å². The molecule has 14 heteroatoms. The van der Waals surface area contributed by atoms with Crippen molar-refractivity contribution in [1.29, 1.82) is 0 Å². The van der Waals surface area contributed by atoms with Crippen molar-refractivity contribution < 1.29 is 28.4 Å². The van der Waals surface area contributed by atoms with Crippen molar-refractivity contribution >= 4 is 36.4 Å². The third-order valence-corrected chi connectivity index (χ3v) is 8.38. The van der Waals surface area contributed by atoms with E-state index in [1.165, 1.54) is 6.33 Å². The first kappa shape index (κ1) is 29.0. The van der Waals surface area contributed by atoms with E-state index in [2.05, 4.69) is 20.0 Å². The van der Waals surface area contributed by atoms with Crippen molar-refractivity contribution in [3.8, 4) is 0 Å². The molecule has 1 unspecified atom stereocenters. The summed E-state index contributed by atoms with van der Waals surface area (Å²) in [5.41, 5.74) is 6.92. The normalized spacial score (nSPS) is 19.7. The number of hydrogen-bond acceptors (Lipinski definition) is 10. The van der Waals surface area contributed by atoms with Gasteiger partial charge in [0.25, 0.3) is 0 Å². The minimum atomic E-state index is -3.58. The molecule has 1 fully saturated rings. The quantitative estimate of drug-likeness (QED) is 0.299. The summed E-state index contributed by atoms with van der Waals surface area (Å²) in [5, 5.41) is 2.95. The second-order valence-corrected chi connectivity index (χ2v) is 12.2. The van der Waals surface area contributed by atoms with Crippen LogP contribution < -0.4 is 10.8 Å². The van der Waals surface area contributed by atoms with Crippen molar-refractivity contribution in [3.05, 3.63) is 12.7 Å². The number of esters is 2. The van der Waals surface area contributed by atoms with Gasteiger partial charge in [0.2, 0.25) is 7.44 Å². The summed E-state index contributed by atoms with van der Waals surface area (Å²) in [6.45, 7) is 11.2. The van der Waals surface area contributed by atoms with E-state index in [1.54, 1.807) is 50.2 Å². The number of carbonyl (C=O) groups excluding carboxylic acids is 2. The molecule has 2 aromatic heterocycles. The largest absolute Gasteiger partial charge is 0.462 e. The maximum absolute atomic E-state index is 14.4. The lowest BCUT2D eigenvalue weighted by molar-refractivity contribution is -0.151. The molecule has 0 saturated carbocycles. The Labute approximate surface area is 216 Å². The number of nitrogens with two attached hydrogens (primary N) is 1. The highest BCUT2D eigenvalue weighted by molar-refractivity contribution is 7.59. The molecule has 3 N–H and O–H groups in total. The Bertz CT molecular complexity index is 1140. The summed E-state index contributed by atoms with van der Waals surface area (Å²) < 4.78 is 34.5. The van der Waals surface area contributed by atoms with Crippen LogP contribution in [0.15, 0.2) is 12.7 Å². The summed E-state index contributed by atoms with van der Waals surface area (Å²) in [6, 6.07) is -1.59. The molecule has 3 heterocycles. The predicted octanol–water partition coefficient (Wildman–Crippen LogP) is 2.31. The average molecular weight is 540 g/mol. The fraction of sp³-hybridized carbons (Fsp3) is 0.696. The fourth-order valence-electron chi connectivity index (χ4n) is 4.15. The Balaban J connectivity index is 1.78. The number of nitrogens with one attached hydrogen (secondary N) is 1. The summed E-state index contributed by atoms with van der Waals surface area (Å²) >= 11 is 0. The maximum Gasteiger partial charge on any atom is 0.324 e. The Morgan fingerprint density at radius 2 is 1.84 bits per heavy atom. The first-order chi connectivity index (χ1) is 17.4. The number of fused-ring (bicyclic) bond motifs is 1. The van der Waals surface area contributed by atoms with Crippen LogP contribution in [-0.4, -0.2) is 79.4 Å². The van der Waals surface area contributed by atoms with Gasteiger partial charge in [0.05, 0.1) is 31.2 Å². The van der Waals surface area contributed by atoms with Crippen LogP contribution in [0.3, 0.4) is 0 Å². The third kappa shape index (κ3) is 7.25. The zero-order chi connectivity index (χ0) is 27.3. The van der Waals surface area contributed by atoms with Crippen LogP contribution in [-0.2, 0) is 34.9 Å². The second-order valence-electron chi connectivity index (χ2n) is 9.78. The number of aromatic nitrogens is 4. The van der Waals surface area contributed by atoms with E-state index in [9.17, 15) is 14.2 Å². The molecule has 1 aliphatic rings. The Morgan fingerprint density at radius 3 is 2.51 bits per heavy atom. The van der Waals surface area contributed by atoms with Crippen LogP contribution in [0.25, 0.3) is 11.2 Å². The Morgan fingerprint density at radius 1 is 1.14 bits per heavy atom. The maximum atomic E-state index is 14.4. The molecule has 3 rings (SSSR count). The van der Waals surface area contributed by atoms with Crippen LogP contribution >= 0.6 is 7.44 Å². The van der Waals surface area contributed by atoms with Gasteiger partial charge in [-0.15, -0.1) is 0 Å². The van der Waals surface area contributed by atoms with Gasteiger partial charge in [-0.2, -0.15) is 0 Å². The number of hydrogen-bond donors (Lipinski definition) is 2. The summed E-state index contributed by atoms with van der Waals surface area (Å²) in [6.07, 6.45) is 2.84. The van der Waals surface area contributed by atoms with E-state index in [0.29, 0.717) is 37.1 Å². The summed E-state index contributed by atoms with van der Waals surface area (Å²) in [4.78, 5) is 37.8. The molecule has 2 aromatic rings. The van der Waals surface area contributed by atoms with Crippen molar-refractivity contribution in [2.75, 3.05) is 18.6 Å². The highest BCUT2D eigenvalue weighted by Gasteiger charge is 2.45. The standard InChI is InChI=1S/C23H38N7O6P/c1-14(2)35-22(31)17(6)28-37(33,30-9-7-8-18(30)23(32)36-15(3)4)13-34-16(5)10-29-12-27-19-20(24)25-11-26-21(19)29/h11-12,14-18H,7-10,13H2,1-6H3,(H,28,33)(H2,24,25,26)/t16-,17-,18+,37?/m1/s1. The van der Waals surface area contributed by atoms with E-state index in [-0.39, 0.29) is 24.4 Å². The molecule has 206 valence electrons. The highest BCUT2D eigenvalue weighted by Crippen LogP contribution is 2.51. The van der Waals surface area contributed by atoms with E-state index in [4.69, 9.17) is 19.9 Å². The smallest absolute Gasteiger partial charge is 0.324 e. The van der Waals surface area contributed by atoms with Gasteiger partial charge in [-0.25, -0.2) is 24.7 Å². The molecule has 0 spiro atoms. The number of carbonyl (C=O) groups is 2. The van der Waals surface area contributed by atoms with Gasteiger partial charge in [-0.05, 0) is 54.4 Å². The molecule has 1 saturated heterocycles. The molecule has 13 nitrogen and oxygen atoms in total. The minimum absolute atomic E-state index is 0.233. The first-order valence-corrected chi connectivity index (χ1v) is 14.3. The molecule has 1 aliphatic heterocycles. The van der Waals surface area contributed by atoms with Crippen molar-refractivity contribution in [2.24, 2.45) is 0 Å². The summed E-state index contributed by atoms with van der Waals surface area (Å²) in [7, 11) is -3.58. The number of anilines is 1. The van der Waals surface area contributed by atoms with Crippen molar-refractivity contribution in [1.82, 2.24) is 29.3 Å². The van der Waals surface area contributed by atoms with Crippen LogP contribution in [0.5, 0.6) is 0 Å². The minimum Gasteiger partial charge on any atom is -0.462 e. The van der Waals surface area contributed by atoms with Crippen LogP contribution in [0, 0.1) is 0 Å². The molecular formula is C23H38N7O6P. The van der Waals surface area contributed by atoms with Crippen molar-refractivity contribution in [3.63, 3.8) is 0 Å². The highest BCUT2D eigenvalue weighted by atomic mass is 31.2. The lowest BCUT2D eigenvalue weighted by Gasteiger charge is -2.34. The Kier molecular flexibility index (Phi) is 9.63. The van der Waals surface area contributed by atoms with Crippen LogP contribution in [0.2, 0.25) is 0 Å². The predicted molar refractivity (Wildman–Crippen MR) is 138 cm³/mol. The second kappa shape index (κ2) is 12.3. The van der Waals surface area contributed by atoms with Crippen molar-refractivity contribution in [2.45, 2.75) is 91.3 Å². The molecule has 0 aromatic carbocycles. The molecule has 4 atom stereocenters. The van der Waals surface area contributed by atoms with Gasteiger partial charge in [0.15, 0.2) is 11.5 Å². The van der Waals surface area contributed by atoms with E-state index in [0.717, 1.165) is 0 Å². The molecule has 0 amide bonds. The van der Waals surface area contributed by atoms with Gasteiger partial charge in [0.1, 0.15) is 30.3 Å². The zero-order valence-electron chi connectivity index (χ0n) is 22.3. The number of rotatable bonds is 12. The number of ether oxygens (including phenoxy) is 3. The van der Waals surface area contributed by atoms with Crippen LogP contribution in [0.4, 0.5) is 5.82 Å². The third-order valence-electron chi connectivity index (χ3n) is 5.78. The van der Waals surface area contributed by atoms with Gasteiger partial charge in [-0.3, -0.25) is 14.2 Å². The summed E-state index contributed by atoms with van der Waals surface area (Å²) in [5.74, 6) is -0.699. The van der Waals surface area contributed by atoms with Gasteiger partial charge < -0.3 is 24.5 Å². The monoisotopic (exact) mass is 539 g/mol. The average Bonchev–Trinajstić information content (AvgIpc) is 3.46. The Hall–Kier alpha value is -2.60. The van der Waals surface area contributed by atoms with E-state index < -0.39 is 37.6 Å². The SMILES string of the molecule is CC(C)OC(=O)[C@@H](C)NP(=O)(CO[C@H](C)Cn1cnc2c(N)ncnc21)N1CCC[C@H]1C(=O)OC(C)C. The molecule has 37 heavy (non-hydrogen) atoms. The topological polar surface area (TPSA) is 164 Å². The lowest BCUT2D eigenvalue weighted by Crippen LogP contribution is -2.44. The fourth-order valence-corrected chi connectivity index (χ4v) is 6.82. The lowest BCUT2D eigenvalue weighted by atomic mass is 10.2. The number of nitrogen functional groups attached to an aromatic ring is 1. The van der Waals surface area contributed by atoms with Gasteiger partial charge in [0, 0.05) is 6.54 Å². The van der Waals surface area contributed by atoms with Gasteiger partial charge in [-0.1, -0.05) is 0 Å². The first-order valence-electron chi connectivity index (χ1n) is 12.5. The zero-order valence-corrected chi connectivity index (χ0v) is 23.2. The molecule has 0 aliphatic carbocycles. The molecular weight excluding hydrogens is 501 g/mol. The van der Waals surface area contributed by atoms with E-state index >= 15 is 0 Å². The molecule has 0 radical (unpaired) electrons. The molecule has 0 bridgehead atoms. The van der Waals surface area contributed by atoms with Crippen LogP contribution in [0.1, 0.15) is 54.4 Å². The number of nitrogens with zero attached hydrogens (tertiary/aromatic N) is 5. The van der Waals surface area contributed by atoms with E-state index in [1.807, 2.05) is 6.92 Å².